The Bertz CT molecular complexity index is 1060. The fourth-order valence-corrected chi connectivity index (χ4v) is 3.39. The molecule has 33 heavy (non-hydrogen) atoms. The molecule has 6 heteroatoms. The van der Waals surface area contributed by atoms with Gasteiger partial charge in [-0.1, -0.05) is 73.1 Å². The zero-order chi connectivity index (χ0) is 23.5. The predicted molar refractivity (Wildman–Crippen MR) is 129 cm³/mol. The Labute approximate surface area is 194 Å². The van der Waals surface area contributed by atoms with Crippen molar-refractivity contribution in [1.29, 1.82) is 0 Å². The maximum Gasteiger partial charge on any atom is 0.307 e. The largest absolute Gasteiger partial charge is 0.497 e. The summed E-state index contributed by atoms with van der Waals surface area (Å²) in [5.74, 6) is 0.169. The van der Waals surface area contributed by atoms with Gasteiger partial charge in [-0.2, -0.15) is 0 Å². The normalized spacial score (nSPS) is 11.2. The molecule has 3 aromatic rings. The third kappa shape index (κ3) is 7.38. The Morgan fingerprint density at radius 2 is 1.61 bits per heavy atom. The summed E-state index contributed by atoms with van der Waals surface area (Å²) in [5.41, 5.74) is 4.87. The van der Waals surface area contributed by atoms with Crippen molar-refractivity contribution in [2.45, 2.75) is 26.2 Å². The van der Waals surface area contributed by atoms with E-state index in [9.17, 15) is 4.79 Å². The van der Waals surface area contributed by atoms with Crippen molar-refractivity contribution < 1.29 is 24.2 Å². The summed E-state index contributed by atoms with van der Waals surface area (Å²) in [7, 11) is 1.53. The summed E-state index contributed by atoms with van der Waals surface area (Å²) in [4.78, 5) is 16.5. The summed E-state index contributed by atoms with van der Waals surface area (Å²) in [5, 5.41) is 13.4. The number of hydrogen-bond acceptors (Lipinski definition) is 5. The maximum atomic E-state index is 11.0. The van der Waals surface area contributed by atoms with E-state index in [0.717, 1.165) is 29.7 Å². The monoisotopic (exact) mass is 447 g/mol. The molecule has 0 atom stereocenters. The highest BCUT2D eigenvalue weighted by Gasteiger charge is 2.08. The van der Waals surface area contributed by atoms with E-state index in [2.05, 4.69) is 48.5 Å². The highest BCUT2D eigenvalue weighted by molar-refractivity contribution is 6.00. The van der Waals surface area contributed by atoms with Gasteiger partial charge in [-0.25, -0.2) is 0 Å². The van der Waals surface area contributed by atoms with E-state index in [0.29, 0.717) is 17.1 Å². The highest BCUT2D eigenvalue weighted by atomic mass is 16.6. The number of oxime groups is 1. The molecule has 0 aliphatic heterocycles. The molecule has 6 nitrogen and oxygen atoms in total. The van der Waals surface area contributed by atoms with Gasteiger partial charge in [0.2, 0.25) is 0 Å². The zero-order valence-corrected chi connectivity index (χ0v) is 19.0. The first kappa shape index (κ1) is 23.9. The minimum Gasteiger partial charge on any atom is -0.497 e. The van der Waals surface area contributed by atoms with Gasteiger partial charge in [0.15, 0.2) is 6.61 Å². The third-order valence-corrected chi connectivity index (χ3v) is 4.96. The molecule has 172 valence electrons. The molecule has 1 N–H and O–H groups in total. The van der Waals surface area contributed by atoms with Crippen molar-refractivity contribution in [3.63, 3.8) is 0 Å². The molecule has 0 aromatic heterocycles. The summed E-state index contributed by atoms with van der Waals surface area (Å²) < 4.78 is 10.9. The van der Waals surface area contributed by atoms with Crippen LogP contribution in [0.15, 0.2) is 78.0 Å². The molecule has 3 aromatic carbocycles. The molecule has 0 saturated carbocycles. The lowest BCUT2D eigenvalue weighted by atomic mass is 10.0. The van der Waals surface area contributed by atoms with E-state index < -0.39 is 5.97 Å². The number of rotatable bonds is 12. The number of hydrogen-bond donors (Lipinski definition) is 1. The molecule has 0 radical (unpaired) electrons. The summed E-state index contributed by atoms with van der Waals surface area (Å²) in [6, 6.07) is 23.7. The molecule has 0 aliphatic rings. The van der Waals surface area contributed by atoms with Crippen LogP contribution < -0.4 is 9.47 Å². The van der Waals surface area contributed by atoms with E-state index in [1.165, 1.54) is 12.7 Å². The van der Waals surface area contributed by atoms with Crippen molar-refractivity contribution in [2.75, 3.05) is 20.3 Å². The van der Waals surface area contributed by atoms with Crippen LogP contribution in [-0.4, -0.2) is 37.1 Å². The third-order valence-electron chi connectivity index (χ3n) is 4.96. The topological polar surface area (TPSA) is 77.4 Å². The van der Waals surface area contributed by atoms with Crippen LogP contribution in [0.2, 0.25) is 0 Å². The lowest BCUT2D eigenvalue weighted by molar-refractivity contribution is -0.136. The van der Waals surface area contributed by atoms with Gasteiger partial charge in [0.1, 0.15) is 18.1 Å². The van der Waals surface area contributed by atoms with Crippen LogP contribution in [0.3, 0.4) is 0 Å². The number of carboxylic acids is 1. The van der Waals surface area contributed by atoms with Gasteiger partial charge < -0.3 is 19.4 Å². The Balaban J connectivity index is 1.58. The first-order chi connectivity index (χ1) is 16.1. The van der Waals surface area contributed by atoms with Crippen molar-refractivity contribution in [1.82, 2.24) is 0 Å². The summed E-state index contributed by atoms with van der Waals surface area (Å²) in [6.07, 6.45) is 1.66. The average Bonchev–Trinajstić information content (AvgIpc) is 2.83. The van der Waals surface area contributed by atoms with Gasteiger partial charge in [-0.3, -0.25) is 4.79 Å². The van der Waals surface area contributed by atoms with E-state index >= 15 is 0 Å². The fourth-order valence-electron chi connectivity index (χ4n) is 3.39. The predicted octanol–water partition coefficient (Wildman–Crippen LogP) is 5.59. The maximum absolute atomic E-state index is 11.0. The van der Waals surface area contributed by atoms with E-state index in [1.54, 1.807) is 18.2 Å². The number of carboxylic acid groups (broad SMARTS) is 1. The minimum absolute atomic E-state index is 0.0994. The first-order valence-electron chi connectivity index (χ1n) is 11.0. The molecule has 0 bridgehead atoms. The van der Waals surface area contributed by atoms with Gasteiger partial charge in [0.05, 0.1) is 19.2 Å². The average molecular weight is 448 g/mol. The highest BCUT2D eigenvalue weighted by Crippen LogP contribution is 2.23. The first-order valence-corrected chi connectivity index (χ1v) is 11.0. The van der Waals surface area contributed by atoms with E-state index in [1.807, 2.05) is 18.2 Å². The number of ether oxygens (including phenoxy) is 2. The van der Waals surface area contributed by atoms with Crippen molar-refractivity contribution in [3.05, 3.63) is 83.9 Å². The molecule has 0 heterocycles. The van der Waals surface area contributed by atoms with Crippen molar-refractivity contribution in [2.24, 2.45) is 5.16 Å². The molecular formula is C27H29NO5. The minimum atomic E-state index is -0.910. The van der Waals surface area contributed by atoms with Crippen LogP contribution >= 0.6 is 0 Å². The van der Waals surface area contributed by atoms with E-state index in [4.69, 9.17) is 19.4 Å². The van der Waals surface area contributed by atoms with Gasteiger partial charge in [-0.15, -0.1) is 0 Å². The Morgan fingerprint density at radius 3 is 2.27 bits per heavy atom. The smallest absolute Gasteiger partial charge is 0.307 e. The molecule has 0 saturated heterocycles. The van der Waals surface area contributed by atoms with Crippen LogP contribution in [0.4, 0.5) is 0 Å². The molecular weight excluding hydrogens is 418 g/mol. The van der Waals surface area contributed by atoms with Crippen LogP contribution in [0.25, 0.3) is 11.1 Å². The molecule has 3 rings (SSSR count). The lowest BCUT2D eigenvalue weighted by Crippen LogP contribution is -2.08. The SMILES string of the molecule is CCCC(=NOCCOc1cc(CC(=O)O)cc(OC)c1)c1ccc(-c2ccccc2)cc1. The van der Waals surface area contributed by atoms with E-state index in [-0.39, 0.29) is 19.6 Å². The fraction of sp³-hybridized carbons (Fsp3) is 0.259. The van der Waals surface area contributed by atoms with Gasteiger partial charge >= 0.3 is 5.97 Å². The number of carbonyl (C=O) groups is 1. The summed E-state index contributed by atoms with van der Waals surface area (Å²) >= 11 is 0. The van der Waals surface area contributed by atoms with Crippen molar-refractivity contribution in [3.8, 4) is 22.6 Å². The van der Waals surface area contributed by atoms with Gasteiger partial charge in [0.25, 0.3) is 0 Å². The Morgan fingerprint density at radius 1 is 0.909 bits per heavy atom. The number of aliphatic carboxylic acids is 1. The number of methoxy groups -OCH3 is 1. The molecule has 0 amide bonds. The Hall–Kier alpha value is -3.80. The number of benzene rings is 3. The quantitative estimate of drug-likeness (QED) is 0.222. The van der Waals surface area contributed by atoms with Crippen LogP contribution in [0.1, 0.15) is 30.9 Å². The second kappa shape index (κ2) is 12.3. The van der Waals surface area contributed by atoms with Crippen LogP contribution in [0.5, 0.6) is 11.5 Å². The molecule has 0 unspecified atom stereocenters. The molecule has 0 aliphatic carbocycles. The second-order valence-corrected chi connectivity index (χ2v) is 7.50. The molecule has 0 spiro atoms. The number of nitrogens with zero attached hydrogens (tertiary/aromatic N) is 1. The van der Waals surface area contributed by atoms with Crippen molar-refractivity contribution >= 4 is 11.7 Å². The van der Waals surface area contributed by atoms with Crippen LogP contribution in [0, 0.1) is 0 Å². The molecule has 0 fully saturated rings. The van der Waals surface area contributed by atoms with Gasteiger partial charge in [-0.05, 0) is 40.8 Å². The lowest BCUT2D eigenvalue weighted by Gasteiger charge is -2.10. The zero-order valence-electron chi connectivity index (χ0n) is 19.0. The Kier molecular flexibility index (Phi) is 8.88. The standard InChI is InChI=1S/C27H29NO5/c1-3-7-26(23-12-10-22(11-13-23)21-8-5-4-6-9-21)28-33-15-14-32-25-17-20(18-27(29)30)16-24(19-25)31-2/h4-6,8-13,16-17,19H,3,7,14-15,18H2,1-2H3,(H,29,30). The van der Waals surface area contributed by atoms with Crippen LogP contribution in [-0.2, 0) is 16.1 Å². The summed E-state index contributed by atoms with van der Waals surface area (Å²) in [6.45, 7) is 2.64. The van der Waals surface area contributed by atoms with Gasteiger partial charge in [0, 0.05) is 6.07 Å². The second-order valence-electron chi connectivity index (χ2n) is 7.50.